The summed E-state index contributed by atoms with van der Waals surface area (Å²) in [7, 11) is 0. The molecule has 2 aromatic rings. The van der Waals surface area contributed by atoms with Gasteiger partial charge >= 0.3 is 0 Å². The molecule has 3 amide bonds. The number of hydrogen-bond acceptors (Lipinski definition) is 4. The van der Waals surface area contributed by atoms with Crippen LogP contribution in [0.15, 0.2) is 42.5 Å². The molecule has 0 saturated carbocycles. The van der Waals surface area contributed by atoms with Gasteiger partial charge < -0.3 is 4.90 Å². The number of anilines is 1. The molecule has 4 rings (SSSR count). The van der Waals surface area contributed by atoms with Crippen LogP contribution in [0, 0.1) is 0 Å². The van der Waals surface area contributed by atoms with Crippen molar-refractivity contribution in [2.75, 3.05) is 11.4 Å². The molecule has 0 spiro atoms. The van der Waals surface area contributed by atoms with E-state index in [9.17, 15) is 19.2 Å². The number of benzene rings is 2. The van der Waals surface area contributed by atoms with Crippen LogP contribution < -0.4 is 4.90 Å². The third-order valence-electron chi connectivity index (χ3n) is 5.45. The van der Waals surface area contributed by atoms with E-state index in [-0.39, 0.29) is 11.7 Å². The number of Topliss-reactive ketones (excluding diaryl/α,β-unsaturated/α-hetero) is 1. The first kappa shape index (κ1) is 18.1. The summed E-state index contributed by atoms with van der Waals surface area (Å²) >= 11 is 0. The van der Waals surface area contributed by atoms with E-state index < -0.39 is 17.9 Å². The van der Waals surface area contributed by atoms with E-state index in [0.29, 0.717) is 28.9 Å². The van der Waals surface area contributed by atoms with Gasteiger partial charge in [-0.2, -0.15) is 0 Å². The van der Waals surface area contributed by atoms with Gasteiger partial charge in [0, 0.05) is 17.8 Å². The van der Waals surface area contributed by atoms with Crippen LogP contribution in [-0.2, 0) is 11.2 Å². The van der Waals surface area contributed by atoms with E-state index in [0.717, 1.165) is 23.3 Å². The number of nitrogens with zero attached hydrogens (tertiary/aromatic N) is 2. The lowest BCUT2D eigenvalue weighted by Gasteiger charge is -2.33. The Morgan fingerprint density at radius 2 is 1.64 bits per heavy atom. The minimum atomic E-state index is -0.931. The Bertz CT molecular complexity index is 992. The van der Waals surface area contributed by atoms with E-state index in [4.69, 9.17) is 0 Å². The molecule has 0 saturated heterocycles. The molecule has 2 aromatic carbocycles. The second-order valence-corrected chi connectivity index (χ2v) is 7.19. The molecular formula is C22H20N2O4. The summed E-state index contributed by atoms with van der Waals surface area (Å²) in [6, 6.07) is 11.0. The molecule has 0 bridgehead atoms. The number of aryl methyl sites for hydroxylation is 1. The Morgan fingerprint density at radius 1 is 1.00 bits per heavy atom. The zero-order valence-electron chi connectivity index (χ0n) is 15.8. The Balaban J connectivity index is 1.66. The molecule has 0 radical (unpaired) electrons. The predicted molar refractivity (Wildman–Crippen MR) is 104 cm³/mol. The molecule has 0 aliphatic carbocycles. The van der Waals surface area contributed by atoms with Crippen molar-refractivity contribution in [1.82, 2.24) is 4.90 Å². The number of rotatable bonds is 3. The van der Waals surface area contributed by atoms with Crippen LogP contribution >= 0.6 is 0 Å². The number of amides is 3. The van der Waals surface area contributed by atoms with E-state index in [1.807, 2.05) is 6.07 Å². The highest BCUT2D eigenvalue weighted by Gasteiger charge is 2.42. The van der Waals surface area contributed by atoms with Crippen molar-refractivity contribution in [1.29, 1.82) is 0 Å². The molecule has 6 heteroatoms. The fraction of sp³-hybridized carbons (Fsp3) is 0.273. The third kappa shape index (κ3) is 2.72. The van der Waals surface area contributed by atoms with Crippen molar-refractivity contribution in [3.8, 4) is 0 Å². The zero-order chi connectivity index (χ0) is 20.0. The molecule has 2 heterocycles. The molecule has 1 unspecified atom stereocenters. The Morgan fingerprint density at radius 3 is 2.25 bits per heavy atom. The van der Waals surface area contributed by atoms with Gasteiger partial charge in [0.1, 0.15) is 6.04 Å². The minimum absolute atomic E-state index is 0.0748. The number of carbonyl (C=O) groups excluding carboxylic acids is 4. The monoisotopic (exact) mass is 376 g/mol. The van der Waals surface area contributed by atoms with Gasteiger partial charge in [0.15, 0.2) is 5.78 Å². The van der Waals surface area contributed by atoms with Crippen molar-refractivity contribution >= 4 is 29.2 Å². The van der Waals surface area contributed by atoms with Gasteiger partial charge in [-0.25, -0.2) is 0 Å². The first-order chi connectivity index (χ1) is 13.4. The average Bonchev–Trinajstić information content (AvgIpc) is 2.96. The Hall–Kier alpha value is -3.28. The Kier molecular flexibility index (Phi) is 4.34. The van der Waals surface area contributed by atoms with Crippen LogP contribution in [0.25, 0.3) is 0 Å². The second kappa shape index (κ2) is 6.71. The van der Waals surface area contributed by atoms with Gasteiger partial charge in [-0.1, -0.05) is 24.3 Å². The quantitative estimate of drug-likeness (QED) is 0.610. The van der Waals surface area contributed by atoms with E-state index in [1.165, 1.54) is 6.92 Å². The molecule has 2 aliphatic rings. The highest BCUT2D eigenvalue weighted by Crippen LogP contribution is 2.31. The van der Waals surface area contributed by atoms with Crippen LogP contribution in [0.5, 0.6) is 0 Å². The first-order valence-electron chi connectivity index (χ1n) is 9.32. The van der Waals surface area contributed by atoms with Crippen LogP contribution in [0.3, 0.4) is 0 Å². The van der Waals surface area contributed by atoms with Gasteiger partial charge in [0.25, 0.3) is 11.8 Å². The van der Waals surface area contributed by atoms with Crippen LogP contribution in [-0.4, -0.2) is 41.0 Å². The molecule has 6 nitrogen and oxygen atoms in total. The third-order valence-corrected chi connectivity index (χ3v) is 5.45. The fourth-order valence-electron chi connectivity index (χ4n) is 3.92. The SMILES string of the molecule is CC(=O)c1ccc2c(c1)N(C(=O)C(C)N1C(=O)c3ccccc3C1=O)CCC2. The molecule has 1 atom stereocenters. The summed E-state index contributed by atoms with van der Waals surface area (Å²) in [6.07, 6.45) is 1.60. The van der Waals surface area contributed by atoms with Crippen molar-refractivity contribution in [3.63, 3.8) is 0 Å². The highest BCUT2D eigenvalue weighted by atomic mass is 16.2. The van der Waals surface area contributed by atoms with Crippen molar-refractivity contribution in [2.24, 2.45) is 0 Å². The Labute approximate surface area is 162 Å². The minimum Gasteiger partial charge on any atom is -0.310 e. The number of fused-ring (bicyclic) bond motifs is 2. The fourth-order valence-corrected chi connectivity index (χ4v) is 3.92. The summed E-state index contributed by atoms with van der Waals surface area (Å²) in [5.74, 6) is -1.29. The second-order valence-electron chi connectivity index (χ2n) is 7.19. The maximum atomic E-state index is 13.3. The maximum absolute atomic E-state index is 13.3. The maximum Gasteiger partial charge on any atom is 0.262 e. The van der Waals surface area contributed by atoms with Gasteiger partial charge in [-0.15, -0.1) is 0 Å². The van der Waals surface area contributed by atoms with Crippen LogP contribution in [0.2, 0.25) is 0 Å². The number of ketones is 1. The summed E-state index contributed by atoms with van der Waals surface area (Å²) < 4.78 is 0. The van der Waals surface area contributed by atoms with Crippen LogP contribution in [0.4, 0.5) is 5.69 Å². The highest BCUT2D eigenvalue weighted by molar-refractivity contribution is 6.23. The van der Waals surface area contributed by atoms with Crippen molar-refractivity contribution < 1.29 is 19.2 Å². The lowest BCUT2D eigenvalue weighted by atomic mass is 9.97. The lowest BCUT2D eigenvalue weighted by molar-refractivity contribution is -0.122. The number of carbonyl (C=O) groups is 4. The molecule has 0 N–H and O–H groups in total. The normalized spacial score (nSPS) is 16.6. The van der Waals surface area contributed by atoms with Crippen molar-refractivity contribution in [2.45, 2.75) is 32.7 Å². The molecule has 0 aromatic heterocycles. The van der Waals surface area contributed by atoms with Gasteiger partial charge in [0.05, 0.1) is 11.1 Å². The topological polar surface area (TPSA) is 74.8 Å². The largest absolute Gasteiger partial charge is 0.310 e. The summed E-state index contributed by atoms with van der Waals surface area (Å²) in [4.78, 5) is 53.1. The molecule has 2 aliphatic heterocycles. The van der Waals surface area contributed by atoms with Crippen molar-refractivity contribution in [3.05, 3.63) is 64.7 Å². The van der Waals surface area contributed by atoms with Crippen LogP contribution in [0.1, 0.15) is 56.9 Å². The van der Waals surface area contributed by atoms with Gasteiger partial charge in [0.2, 0.25) is 5.91 Å². The van der Waals surface area contributed by atoms with E-state index >= 15 is 0 Å². The molecule has 0 fully saturated rings. The summed E-state index contributed by atoms with van der Waals surface area (Å²) in [5, 5.41) is 0. The molecular weight excluding hydrogens is 356 g/mol. The van der Waals surface area contributed by atoms with Gasteiger partial charge in [-0.05, 0) is 50.5 Å². The predicted octanol–water partition coefficient (Wildman–Crippen LogP) is 2.85. The smallest absolute Gasteiger partial charge is 0.262 e. The standard InChI is InChI=1S/C22H20N2O4/c1-13(24-21(27)17-7-3-4-8-18(17)22(24)28)20(26)23-11-5-6-15-9-10-16(14(2)25)12-19(15)23/h3-4,7-10,12-13H,5-6,11H2,1-2H3. The van der Waals surface area contributed by atoms with E-state index in [2.05, 4.69) is 0 Å². The summed E-state index contributed by atoms with van der Waals surface area (Å²) in [5.41, 5.74) is 2.86. The number of hydrogen-bond donors (Lipinski definition) is 0. The molecule has 142 valence electrons. The summed E-state index contributed by atoms with van der Waals surface area (Å²) in [6.45, 7) is 3.55. The zero-order valence-corrected chi connectivity index (χ0v) is 15.8. The van der Waals surface area contributed by atoms with Gasteiger partial charge in [-0.3, -0.25) is 24.1 Å². The lowest BCUT2D eigenvalue weighted by Crippen LogP contribution is -2.50. The first-order valence-corrected chi connectivity index (χ1v) is 9.32. The van der Waals surface area contributed by atoms with E-state index in [1.54, 1.807) is 48.2 Å². The molecule has 28 heavy (non-hydrogen) atoms. The average molecular weight is 376 g/mol. The number of imide groups is 1.